The zero-order valence-electron chi connectivity index (χ0n) is 16.8. The first-order valence-electron chi connectivity index (χ1n) is 9.93. The SMILES string of the molecule is Cc1ccnn1-c1ccc(C(=O)N2CCN(C(C)c3ccccc3Cl)CC2)cc1. The summed E-state index contributed by atoms with van der Waals surface area (Å²) in [5.41, 5.74) is 3.87. The summed E-state index contributed by atoms with van der Waals surface area (Å²) in [6.45, 7) is 7.29. The van der Waals surface area contributed by atoms with Gasteiger partial charge in [0.2, 0.25) is 0 Å². The summed E-state index contributed by atoms with van der Waals surface area (Å²) in [7, 11) is 0. The largest absolute Gasteiger partial charge is 0.336 e. The number of amides is 1. The van der Waals surface area contributed by atoms with Gasteiger partial charge in [-0.05, 0) is 55.8 Å². The lowest BCUT2D eigenvalue weighted by Gasteiger charge is -2.38. The number of carbonyl (C=O) groups is 1. The second-order valence-electron chi connectivity index (χ2n) is 7.46. The number of rotatable bonds is 4. The molecule has 6 heteroatoms. The Morgan fingerprint density at radius 2 is 1.69 bits per heavy atom. The van der Waals surface area contributed by atoms with Gasteiger partial charge >= 0.3 is 0 Å². The second-order valence-corrected chi connectivity index (χ2v) is 7.86. The topological polar surface area (TPSA) is 41.4 Å². The van der Waals surface area contributed by atoms with Crippen LogP contribution in [0.2, 0.25) is 5.02 Å². The zero-order valence-corrected chi connectivity index (χ0v) is 17.5. The Bertz CT molecular complexity index is 990. The summed E-state index contributed by atoms with van der Waals surface area (Å²) in [5, 5.41) is 5.11. The van der Waals surface area contributed by atoms with Crippen molar-refractivity contribution in [3.63, 3.8) is 0 Å². The molecule has 150 valence electrons. The van der Waals surface area contributed by atoms with Gasteiger partial charge < -0.3 is 4.90 Å². The van der Waals surface area contributed by atoms with E-state index in [2.05, 4.69) is 23.0 Å². The number of aromatic nitrogens is 2. The lowest BCUT2D eigenvalue weighted by atomic mass is 10.1. The van der Waals surface area contributed by atoms with E-state index in [1.54, 1.807) is 6.20 Å². The van der Waals surface area contributed by atoms with Crippen LogP contribution < -0.4 is 0 Å². The second kappa shape index (κ2) is 8.39. The molecule has 0 bridgehead atoms. The number of hydrogen-bond acceptors (Lipinski definition) is 3. The van der Waals surface area contributed by atoms with Crippen molar-refractivity contribution in [3.05, 3.63) is 82.6 Å². The third-order valence-electron chi connectivity index (χ3n) is 5.70. The average Bonchev–Trinajstić information content (AvgIpc) is 3.19. The molecule has 0 N–H and O–H groups in total. The molecule has 3 aromatic rings. The fraction of sp³-hybridized carbons (Fsp3) is 0.304. The number of hydrogen-bond donors (Lipinski definition) is 0. The summed E-state index contributed by atoms with van der Waals surface area (Å²) in [4.78, 5) is 17.2. The molecule has 1 aliphatic heterocycles. The molecule has 5 nitrogen and oxygen atoms in total. The summed E-state index contributed by atoms with van der Waals surface area (Å²) >= 11 is 6.36. The van der Waals surface area contributed by atoms with Crippen molar-refractivity contribution in [1.29, 1.82) is 0 Å². The highest BCUT2D eigenvalue weighted by Crippen LogP contribution is 2.28. The Morgan fingerprint density at radius 3 is 2.31 bits per heavy atom. The third-order valence-corrected chi connectivity index (χ3v) is 6.04. The van der Waals surface area contributed by atoms with E-state index >= 15 is 0 Å². The number of aryl methyl sites for hydroxylation is 1. The minimum Gasteiger partial charge on any atom is -0.336 e. The molecule has 1 unspecified atom stereocenters. The predicted molar refractivity (Wildman–Crippen MR) is 116 cm³/mol. The quantitative estimate of drug-likeness (QED) is 0.644. The first-order chi connectivity index (χ1) is 14.0. The van der Waals surface area contributed by atoms with Gasteiger partial charge in [0.05, 0.1) is 5.69 Å². The van der Waals surface area contributed by atoms with Gasteiger partial charge in [-0.15, -0.1) is 0 Å². The number of benzene rings is 2. The highest BCUT2D eigenvalue weighted by atomic mass is 35.5. The van der Waals surface area contributed by atoms with Gasteiger partial charge in [-0.2, -0.15) is 5.10 Å². The molecule has 1 amide bonds. The summed E-state index contributed by atoms with van der Waals surface area (Å²) in [5.74, 6) is 0.0822. The van der Waals surface area contributed by atoms with Crippen LogP contribution >= 0.6 is 11.6 Å². The first kappa shape index (κ1) is 19.7. The van der Waals surface area contributed by atoms with Crippen molar-refractivity contribution in [2.75, 3.05) is 26.2 Å². The molecule has 29 heavy (non-hydrogen) atoms. The molecular formula is C23H25ClN4O. The van der Waals surface area contributed by atoms with E-state index in [0.717, 1.165) is 35.1 Å². The molecule has 0 saturated carbocycles. The smallest absolute Gasteiger partial charge is 0.253 e. The fourth-order valence-electron chi connectivity index (χ4n) is 3.89. The minimum absolute atomic E-state index is 0.0822. The monoisotopic (exact) mass is 408 g/mol. The van der Waals surface area contributed by atoms with E-state index in [0.29, 0.717) is 18.7 Å². The Kier molecular flexibility index (Phi) is 5.69. The molecule has 4 rings (SSSR count). The van der Waals surface area contributed by atoms with Crippen molar-refractivity contribution >= 4 is 17.5 Å². The van der Waals surface area contributed by atoms with E-state index in [4.69, 9.17) is 11.6 Å². The summed E-state index contributed by atoms with van der Waals surface area (Å²) in [6.07, 6.45) is 1.78. The molecule has 2 aromatic carbocycles. The van der Waals surface area contributed by atoms with Crippen molar-refractivity contribution in [3.8, 4) is 5.69 Å². The van der Waals surface area contributed by atoms with Crippen LogP contribution in [0, 0.1) is 6.92 Å². The van der Waals surface area contributed by atoms with E-state index < -0.39 is 0 Å². The molecule has 1 aromatic heterocycles. The Balaban J connectivity index is 1.39. The first-order valence-corrected chi connectivity index (χ1v) is 10.3. The van der Waals surface area contributed by atoms with Crippen molar-refractivity contribution in [2.24, 2.45) is 0 Å². The van der Waals surface area contributed by atoms with Gasteiger partial charge in [-0.25, -0.2) is 4.68 Å². The zero-order chi connectivity index (χ0) is 20.4. The lowest BCUT2D eigenvalue weighted by molar-refractivity contribution is 0.0582. The molecule has 0 aliphatic carbocycles. The highest BCUT2D eigenvalue weighted by molar-refractivity contribution is 6.31. The highest BCUT2D eigenvalue weighted by Gasteiger charge is 2.26. The molecule has 1 aliphatic rings. The van der Waals surface area contributed by atoms with E-state index in [1.165, 1.54) is 0 Å². The lowest BCUT2D eigenvalue weighted by Crippen LogP contribution is -2.49. The molecule has 0 spiro atoms. The van der Waals surface area contributed by atoms with Gasteiger partial charge in [0.15, 0.2) is 0 Å². The Hall–Kier alpha value is -2.63. The van der Waals surface area contributed by atoms with E-state index in [1.807, 2.05) is 65.0 Å². The number of halogens is 1. The van der Waals surface area contributed by atoms with E-state index in [-0.39, 0.29) is 11.9 Å². The molecule has 1 fully saturated rings. The molecule has 2 heterocycles. The van der Waals surface area contributed by atoms with E-state index in [9.17, 15) is 4.79 Å². The van der Waals surface area contributed by atoms with Gasteiger partial charge in [-0.3, -0.25) is 9.69 Å². The van der Waals surface area contributed by atoms with Crippen molar-refractivity contribution in [2.45, 2.75) is 19.9 Å². The third kappa shape index (κ3) is 4.07. The maximum Gasteiger partial charge on any atom is 0.253 e. The van der Waals surface area contributed by atoms with Crippen LogP contribution in [0.4, 0.5) is 0 Å². The summed E-state index contributed by atoms with van der Waals surface area (Å²) in [6, 6.07) is 17.8. The van der Waals surface area contributed by atoms with Crippen LogP contribution in [-0.2, 0) is 0 Å². The average molecular weight is 409 g/mol. The molecule has 1 atom stereocenters. The normalized spacial score (nSPS) is 16.0. The minimum atomic E-state index is 0.0822. The van der Waals surface area contributed by atoms with Gasteiger partial charge in [0.25, 0.3) is 5.91 Å². The van der Waals surface area contributed by atoms with Crippen LogP contribution in [0.15, 0.2) is 60.8 Å². The van der Waals surface area contributed by atoms with Crippen LogP contribution in [-0.4, -0.2) is 51.7 Å². The van der Waals surface area contributed by atoms with Crippen molar-refractivity contribution in [1.82, 2.24) is 19.6 Å². The molecular weight excluding hydrogens is 384 g/mol. The Labute approximate surface area is 176 Å². The number of piperazine rings is 1. The maximum absolute atomic E-state index is 12.9. The van der Waals surface area contributed by atoms with Crippen LogP contribution in [0.5, 0.6) is 0 Å². The predicted octanol–water partition coefficient (Wildman–Crippen LogP) is 4.35. The number of nitrogens with zero attached hydrogens (tertiary/aromatic N) is 4. The molecule has 1 saturated heterocycles. The standard InChI is InChI=1S/C23H25ClN4O/c1-17-11-12-25-28(17)20-9-7-19(8-10-20)23(29)27-15-13-26(14-16-27)18(2)21-5-3-4-6-22(21)24/h3-12,18H,13-16H2,1-2H3. The van der Waals surface area contributed by atoms with Gasteiger partial charge in [-0.1, -0.05) is 29.8 Å². The van der Waals surface area contributed by atoms with Crippen LogP contribution in [0.3, 0.4) is 0 Å². The Morgan fingerprint density at radius 1 is 1.00 bits per heavy atom. The van der Waals surface area contributed by atoms with Crippen molar-refractivity contribution < 1.29 is 4.79 Å². The fourth-order valence-corrected chi connectivity index (χ4v) is 4.18. The van der Waals surface area contributed by atoms with Crippen LogP contribution in [0.1, 0.15) is 34.6 Å². The molecule has 0 radical (unpaired) electrons. The van der Waals surface area contributed by atoms with Crippen LogP contribution in [0.25, 0.3) is 5.69 Å². The van der Waals surface area contributed by atoms with Gasteiger partial charge in [0, 0.05) is 54.7 Å². The van der Waals surface area contributed by atoms with Gasteiger partial charge in [0.1, 0.15) is 0 Å². The maximum atomic E-state index is 12.9. The number of carbonyl (C=O) groups excluding carboxylic acids is 1. The summed E-state index contributed by atoms with van der Waals surface area (Å²) < 4.78 is 1.86.